The molecule has 2 atom stereocenters. The number of carboxylic acid groups (broad SMARTS) is 1. The number of aromatic nitrogens is 1. The van der Waals surface area contributed by atoms with Gasteiger partial charge in [0.05, 0.1) is 11.0 Å². The molecule has 2 N–H and O–H groups in total. The molecule has 0 bridgehead atoms. The van der Waals surface area contributed by atoms with Crippen LogP contribution in [-0.4, -0.2) is 27.9 Å². The maximum atomic E-state index is 12.0. The van der Waals surface area contributed by atoms with E-state index in [0.29, 0.717) is 12.2 Å². The van der Waals surface area contributed by atoms with E-state index in [2.05, 4.69) is 0 Å². The fraction of sp³-hybridized carbons (Fsp3) is 0.333. The second-order valence-corrected chi connectivity index (χ2v) is 8.55. The number of carbonyl (C=O) groups is 1. The number of fused-ring (bicyclic) bond motifs is 3. The molecule has 0 spiro atoms. The predicted molar refractivity (Wildman–Crippen MR) is 109 cm³/mol. The van der Waals surface area contributed by atoms with Crippen LogP contribution in [-0.2, 0) is 17.6 Å². The number of benzene rings is 2. The maximum absolute atomic E-state index is 12.0. The van der Waals surface area contributed by atoms with Crippen LogP contribution in [0.15, 0.2) is 48.7 Å². The van der Waals surface area contributed by atoms with Gasteiger partial charge in [0.15, 0.2) is 11.9 Å². The Hall–Kier alpha value is -3.12. The van der Waals surface area contributed by atoms with Crippen molar-refractivity contribution in [2.75, 3.05) is 0 Å². The van der Waals surface area contributed by atoms with Crippen molar-refractivity contribution in [1.82, 2.24) is 0 Å². The molecule has 2 aromatic carbocycles. The second kappa shape index (κ2) is 7.29. The van der Waals surface area contributed by atoms with Crippen LogP contribution in [0.2, 0.25) is 0 Å². The summed E-state index contributed by atoms with van der Waals surface area (Å²) < 4.78 is 7.80. The average molecular weight is 407 g/mol. The molecular formula is C24H25NO5. The molecule has 6 heteroatoms. The topological polar surface area (TPSA) is 93.7 Å². The molecule has 4 rings (SSSR count). The number of phenolic OH excluding ortho intramolecular Hbond substituents is 1. The standard InChI is InChI=1S/C24H25NO5/c1-14-10-16-6-7-17-12-21(24(2,3)29)30-22(17)19(16)13-25(14)20(23(27)28)11-15-4-8-18(26)9-5-15/h4-10,13,20-21,29H,11-12H2,1-3H3,(H-,26,27,28). The van der Waals surface area contributed by atoms with Crippen molar-refractivity contribution in [2.45, 2.75) is 51.4 Å². The highest BCUT2D eigenvalue weighted by Gasteiger charge is 2.36. The van der Waals surface area contributed by atoms with Gasteiger partial charge in [-0.2, -0.15) is 4.57 Å². The van der Waals surface area contributed by atoms with Crippen LogP contribution in [0.4, 0.5) is 0 Å². The lowest BCUT2D eigenvalue weighted by Crippen LogP contribution is -2.52. The van der Waals surface area contributed by atoms with Crippen molar-refractivity contribution in [1.29, 1.82) is 0 Å². The van der Waals surface area contributed by atoms with Gasteiger partial charge >= 0.3 is 0 Å². The van der Waals surface area contributed by atoms with Gasteiger partial charge in [0.25, 0.3) is 0 Å². The first-order valence-electron chi connectivity index (χ1n) is 9.98. The maximum Gasteiger partial charge on any atom is 0.201 e. The molecule has 3 aromatic rings. The molecule has 156 valence electrons. The Morgan fingerprint density at radius 3 is 2.60 bits per heavy atom. The number of aromatic hydroxyl groups is 1. The molecule has 1 aromatic heterocycles. The van der Waals surface area contributed by atoms with E-state index in [1.54, 1.807) is 36.7 Å². The largest absolute Gasteiger partial charge is 0.543 e. The van der Waals surface area contributed by atoms with Crippen LogP contribution >= 0.6 is 0 Å². The molecule has 2 heterocycles. The summed E-state index contributed by atoms with van der Waals surface area (Å²) in [4.78, 5) is 12.0. The van der Waals surface area contributed by atoms with Crippen molar-refractivity contribution in [2.24, 2.45) is 0 Å². The van der Waals surface area contributed by atoms with E-state index in [-0.39, 0.29) is 18.3 Å². The quantitative estimate of drug-likeness (QED) is 0.629. The molecule has 30 heavy (non-hydrogen) atoms. The number of nitrogens with zero attached hydrogens (tertiary/aromatic N) is 1. The highest BCUT2D eigenvalue weighted by molar-refractivity contribution is 5.89. The Balaban J connectivity index is 1.78. The number of hydrogen-bond acceptors (Lipinski definition) is 5. The summed E-state index contributed by atoms with van der Waals surface area (Å²) in [7, 11) is 0. The van der Waals surface area contributed by atoms with Crippen LogP contribution in [0.3, 0.4) is 0 Å². The number of pyridine rings is 1. The fourth-order valence-corrected chi connectivity index (χ4v) is 4.02. The van der Waals surface area contributed by atoms with Crippen LogP contribution in [0.25, 0.3) is 10.8 Å². The van der Waals surface area contributed by atoms with Crippen LogP contribution in [0, 0.1) is 6.92 Å². The summed E-state index contributed by atoms with van der Waals surface area (Å²) >= 11 is 0. The monoisotopic (exact) mass is 407 g/mol. The fourth-order valence-electron chi connectivity index (χ4n) is 4.02. The smallest absolute Gasteiger partial charge is 0.201 e. The summed E-state index contributed by atoms with van der Waals surface area (Å²) in [5, 5.41) is 33.6. The first-order chi connectivity index (χ1) is 14.1. The summed E-state index contributed by atoms with van der Waals surface area (Å²) in [6.45, 7) is 5.31. The number of aliphatic carboxylic acids is 1. The van der Waals surface area contributed by atoms with E-state index in [1.165, 1.54) is 12.1 Å². The minimum Gasteiger partial charge on any atom is -0.543 e. The van der Waals surface area contributed by atoms with Gasteiger partial charge in [-0.15, -0.1) is 0 Å². The molecule has 1 aliphatic rings. The van der Waals surface area contributed by atoms with Crippen LogP contribution < -0.4 is 14.4 Å². The van der Waals surface area contributed by atoms with Gasteiger partial charge in [0.1, 0.15) is 23.6 Å². The van der Waals surface area contributed by atoms with Crippen molar-refractivity contribution < 1.29 is 29.4 Å². The third-order valence-electron chi connectivity index (χ3n) is 5.78. The molecule has 2 unspecified atom stereocenters. The van der Waals surface area contributed by atoms with E-state index in [0.717, 1.165) is 27.6 Å². The molecule has 0 fully saturated rings. The van der Waals surface area contributed by atoms with E-state index >= 15 is 0 Å². The average Bonchev–Trinajstić information content (AvgIpc) is 3.12. The Morgan fingerprint density at radius 1 is 1.27 bits per heavy atom. The number of aliphatic hydroxyl groups is 1. The summed E-state index contributed by atoms with van der Waals surface area (Å²) in [6, 6.07) is 11.5. The Morgan fingerprint density at radius 2 is 1.97 bits per heavy atom. The second-order valence-electron chi connectivity index (χ2n) is 8.55. The zero-order chi connectivity index (χ0) is 21.6. The zero-order valence-corrected chi connectivity index (χ0v) is 17.3. The third-order valence-corrected chi connectivity index (χ3v) is 5.78. The molecule has 0 radical (unpaired) electrons. The van der Waals surface area contributed by atoms with Gasteiger partial charge in [-0.25, -0.2) is 0 Å². The van der Waals surface area contributed by atoms with Crippen molar-refractivity contribution in [3.63, 3.8) is 0 Å². The molecule has 6 nitrogen and oxygen atoms in total. The number of carboxylic acids is 1. The molecule has 0 aliphatic carbocycles. The SMILES string of the molecule is Cc1cc2ccc3c(c2c[n+]1C(Cc1ccc(O)cc1)C(=O)[O-])OC(C(C)(C)O)C3. The normalized spacial score (nSPS) is 16.9. The molecular weight excluding hydrogens is 382 g/mol. The highest BCUT2D eigenvalue weighted by Crippen LogP contribution is 2.38. The number of ether oxygens (including phenoxy) is 1. The highest BCUT2D eigenvalue weighted by atomic mass is 16.5. The first kappa shape index (κ1) is 20.2. The Labute approximate surface area is 175 Å². The van der Waals surface area contributed by atoms with E-state index in [9.17, 15) is 20.1 Å². The van der Waals surface area contributed by atoms with Crippen molar-refractivity contribution >= 4 is 16.7 Å². The minimum absolute atomic E-state index is 0.132. The number of carbonyl (C=O) groups excluding carboxylic acids is 1. The van der Waals surface area contributed by atoms with E-state index in [4.69, 9.17) is 4.74 Å². The lowest BCUT2D eigenvalue weighted by molar-refractivity contribution is -0.719. The third kappa shape index (κ3) is 3.71. The van der Waals surface area contributed by atoms with E-state index < -0.39 is 17.6 Å². The zero-order valence-electron chi connectivity index (χ0n) is 17.3. The first-order valence-corrected chi connectivity index (χ1v) is 9.98. The Bertz CT molecular complexity index is 1120. The Kier molecular flexibility index (Phi) is 4.90. The summed E-state index contributed by atoms with van der Waals surface area (Å²) in [6.07, 6.45) is 2.26. The summed E-state index contributed by atoms with van der Waals surface area (Å²) in [5.41, 5.74) is 1.57. The van der Waals surface area contributed by atoms with Crippen molar-refractivity contribution in [3.8, 4) is 11.5 Å². The van der Waals surface area contributed by atoms with Crippen LogP contribution in [0.1, 0.15) is 36.7 Å². The summed E-state index contributed by atoms with van der Waals surface area (Å²) in [5.74, 6) is -0.360. The number of aryl methyl sites for hydroxylation is 1. The van der Waals surface area contributed by atoms with Gasteiger partial charge < -0.3 is 24.9 Å². The lowest BCUT2D eigenvalue weighted by atomic mass is 9.96. The lowest BCUT2D eigenvalue weighted by Gasteiger charge is -2.24. The van der Waals surface area contributed by atoms with Gasteiger partial charge in [-0.05, 0) is 42.5 Å². The predicted octanol–water partition coefficient (Wildman–Crippen LogP) is 1.75. The van der Waals surface area contributed by atoms with E-state index in [1.807, 2.05) is 25.1 Å². The minimum atomic E-state index is -1.18. The van der Waals surface area contributed by atoms with Crippen molar-refractivity contribution in [3.05, 3.63) is 65.5 Å². The van der Waals surface area contributed by atoms with Gasteiger partial charge in [0.2, 0.25) is 6.04 Å². The molecule has 0 saturated carbocycles. The van der Waals surface area contributed by atoms with Gasteiger partial charge in [-0.1, -0.05) is 24.3 Å². The number of hydrogen-bond donors (Lipinski definition) is 2. The number of phenols is 1. The molecule has 1 aliphatic heterocycles. The van der Waals surface area contributed by atoms with Crippen LogP contribution in [0.5, 0.6) is 11.5 Å². The van der Waals surface area contributed by atoms with Gasteiger partial charge in [-0.3, -0.25) is 0 Å². The molecule has 0 saturated heterocycles. The molecule has 0 amide bonds. The number of rotatable bonds is 5. The van der Waals surface area contributed by atoms with Gasteiger partial charge in [0, 0.05) is 25.8 Å².